The van der Waals surface area contributed by atoms with Gasteiger partial charge >= 0.3 is 5.97 Å². The zero-order valence-corrected chi connectivity index (χ0v) is 12.6. The van der Waals surface area contributed by atoms with Crippen LogP contribution in [0.25, 0.3) is 0 Å². The summed E-state index contributed by atoms with van der Waals surface area (Å²) in [6.07, 6.45) is 4.85. The third-order valence-corrected chi connectivity index (χ3v) is 4.90. The Hall–Kier alpha value is -1.72. The predicted octanol–water partition coefficient (Wildman–Crippen LogP) is 1.69. The van der Waals surface area contributed by atoms with Gasteiger partial charge in [0, 0.05) is 6.54 Å². The van der Waals surface area contributed by atoms with E-state index in [1.54, 1.807) is 0 Å². The summed E-state index contributed by atoms with van der Waals surface area (Å²) in [7, 11) is 0. The molecule has 1 aliphatic carbocycles. The molecule has 21 heavy (non-hydrogen) atoms. The lowest BCUT2D eigenvalue weighted by Gasteiger charge is -2.24. The first-order valence-corrected chi connectivity index (χ1v) is 7.87. The number of carboxylic acid groups (broad SMARTS) is 1. The second-order valence-corrected chi connectivity index (χ2v) is 6.00. The zero-order valence-electron chi connectivity index (χ0n) is 12.6. The van der Waals surface area contributed by atoms with Crippen LogP contribution in [-0.4, -0.2) is 38.8 Å². The third-order valence-electron chi connectivity index (χ3n) is 4.90. The number of aryl methyl sites for hydroxylation is 2. The first-order valence-electron chi connectivity index (χ1n) is 7.87. The van der Waals surface area contributed by atoms with Crippen LogP contribution in [0.15, 0.2) is 0 Å². The number of hydrogen-bond acceptors (Lipinski definition) is 5. The lowest BCUT2D eigenvalue weighted by atomic mass is 9.94. The van der Waals surface area contributed by atoms with Gasteiger partial charge in [-0.3, -0.25) is 0 Å². The van der Waals surface area contributed by atoms with E-state index in [0.717, 1.165) is 50.0 Å². The molecule has 0 amide bonds. The van der Waals surface area contributed by atoms with E-state index in [2.05, 4.69) is 15.2 Å². The summed E-state index contributed by atoms with van der Waals surface area (Å²) >= 11 is 0. The summed E-state index contributed by atoms with van der Waals surface area (Å²) in [6, 6.07) is -0.489. The first-order chi connectivity index (χ1) is 10.2. The molecule has 6 heteroatoms. The van der Waals surface area contributed by atoms with Crippen LogP contribution >= 0.6 is 0 Å². The molecule has 2 aliphatic rings. The standard InChI is InChI=1S/C15H22N4O2/c1-3-11-12(4-2)17-18-15(16-11)19-8-9-6-5-7-10(9)13(19)14(20)21/h9-10,13H,3-8H2,1-2H3,(H,20,21). The fraction of sp³-hybridized carbons (Fsp3) is 0.733. The summed E-state index contributed by atoms with van der Waals surface area (Å²) in [6.45, 7) is 4.82. The topological polar surface area (TPSA) is 79.2 Å². The SMILES string of the molecule is CCc1nnc(N2CC3CCCC3C2C(=O)O)nc1CC. The normalized spacial score (nSPS) is 27.9. The van der Waals surface area contributed by atoms with E-state index in [0.29, 0.717) is 11.9 Å². The summed E-state index contributed by atoms with van der Waals surface area (Å²) in [5, 5.41) is 18.1. The Kier molecular flexibility index (Phi) is 3.78. The second kappa shape index (κ2) is 5.58. The number of carbonyl (C=O) groups is 1. The molecule has 1 aliphatic heterocycles. The molecule has 1 aromatic heterocycles. The van der Waals surface area contributed by atoms with Gasteiger partial charge in [0.15, 0.2) is 0 Å². The van der Waals surface area contributed by atoms with Crippen LogP contribution in [0.1, 0.15) is 44.5 Å². The highest BCUT2D eigenvalue weighted by atomic mass is 16.4. The van der Waals surface area contributed by atoms with Gasteiger partial charge in [0.05, 0.1) is 11.4 Å². The Morgan fingerprint density at radius 1 is 1.24 bits per heavy atom. The van der Waals surface area contributed by atoms with Crippen molar-refractivity contribution in [2.24, 2.45) is 11.8 Å². The van der Waals surface area contributed by atoms with E-state index >= 15 is 0 Å². The molecule has 1 aromatic rings. The molecule has 0 spiro atoms. The number of aromatic nitrogens is 3. The molecule has 0 bridgehead atoms. The molecular weight excluding hydrogens is 268 g/mol. The number of rotatable bonds is 4. The van der Waals surface area contributed by atoms with Crippen molar-refractivity contribution in [2.75, 3.05) is 11.4 Å². The number of anilines is 1. The molecule has 3 rings (SSSR count). The molecule has 3 unspecified atom stereocenters. The van der Waals surface area contributed by atoms with E-state index in [-0.39, 0.29) is 5.92 Å². The molecule has 114 valence electrons. The third kappa shape index (κ3) is 2.36. The lowest BCUT2D eigenvalue weighted by molar-refractivity contribution is -0.139. The summed E-state index contributed by atoms with van der Waals surface area (Å²) in [4.78, 5) is 18.1. The number of nitrogens with zero attached hydrogens (tertiary/aromatic N) is 4. The highest BCUT2D eigenvalue weighted by Gasteiger charge is 2.48. The minimum absolute atomic E-state index is 0.238. The minimum atomic E-state index is -0.759. The fourth-order valence-corrected chi connectivity index (χ4v) is 3.88. The molecule has 0 radical (unpaired) electrons. The summed E-state index contributed by atoms with van der Waals surface area (Å²) in [5.41, 5.74) is 1.84. The van der Waals surface area contributed by atoms with Gasteiger partial charge in [0.25, 0.3) is 0 Å². The van der Waals surface area contributed by atoms with Gasteiger partial charge in [-0.25, -0.2) is 9.78 Å². The quantitative estimate of drug-likeness (QED) is 0.909. The van der Waals surface area contributed by atoms with Gasteiger partial charge in [-0.1, -0.05) is 20.3 Å². The van der Waals surface area contributed by atoms with Crippen molar-refractivity contribution in [3.8, 4) is 0 Å². The molecule has 0 aromatic carbocycles. The Bertz CT molecular complexity index is 548. The fourth-order valence-electron chi connectivity index (χ4n) is 3.88. The van der Waals surface area contributed by atoms with E-state index in [1.807, 2.05) is 18.7 Å². The van der Waals surface area contributed by atoms with Crippen molar-refractivity contribution < 1.29 is 9.90 Å². The Morgan fingerprint density at radius 2 is 2.00 bits per heavy atom. The number of carboxylic acids is 1. The molecule has 6 nitrogen and oxygen atoms in total. The Labute approximate surface area is 124 Å². The van der Waals surface area contributed by atoms with Gasteiger partial charge in [-0.2, -0.15) is 5.10 Å². The summed E-state index contributed by atoms with van der Waals surface area (Å²) in [5.74, 6) is 0.434. The van der Waals surface area contributed by atoms with Crippen molar-refractivity contribution in [3.05, 3.63) is 11.4 Å². The van der Waals surface area contributed by atoms with Crippen LogP contribution in [0.4, 0.5) is 5.95 Å². The average molecular weight is 290 g/mol. The van der Waals surface area contributed by atoms with Crippen LogP contribution in [0, 0.1) is 11.8 Å². The average Bonchev–Trinajstić information content (AvgIpc) is 3.06. The smallest absolute Gasteiger partial charge is 0.326 e. The molecule has 3 atom stereocenters. The number of fused-ring (bicyclic) bond motifs is 1. The number of hydrogen-bond donors (Lipinski definition) is 1. The highest BCUT2D eigenvalue weighted by molar-refractivity contribution is 5.78. The van der Waals surface area contributed by atoms with Crippen LogP contribution in [-0.2, 0) is 17.6 Å². The van der Waals surface area contributed by atoms with Crippen molar-refractivity contribution in [2.45, 2.75) is 52.0 Å². The Balaban J connectivity index is 1.93. The molecule has 1 N–H and O–H groups in total. The second-order valence-electron chi connectivity index (χ2n) is 6.00. The van der Waals surface area contributed by atoms with Crippen molar-refractivity contribution in [1.82, 2.24) is 15.2 Å². The molecule has 2 fully saturated rings. The van der Waals surface area contributed by atoms with Crippen molar-refractivity contribution >= 4 is 11.9 Å². The molecular formula is C15H22N4O2. The zero-order chi connectivity index (χ0) is 15.0. The van der Waals surface area contributed by atoms with Crippen molar-refractivity contribution in [3.63, 3.8) is 0 Å². The molecule has 1 saturated heterocycles. The van der Waals surface area contributed by atoms with E-state index < -0.39 is 12.0 Å². The Morgan fingerprint density at radius 3 is 2.67 bits per heavy atom. The molecule has 1 saturated carbocycles. The summed E-state index contributed by atoms with van der Waals surface area (Å²) < 4.78 is 0. The van der Waals surface area contributed by atoms with Gasteiger partial charge in [0.2, 0.25) is 5.95 Å². The molecule has 2 heterocycles. The van der Waals surface area contributed by atoms with Gasteiger partial charge in [0.1, 0.15) is 6.04 Å². The van der Waals surface area contributed by atoms with Crippen LogP contribution in [0.3, 0.4) is 0 Å². The number of aliphatic carboxylic acids is 1. The first kappa shape index (κ1) is 14.2. The van der Waals surface area contributed by atoms with Gasteiger partial charge in [-0.15, -0.1) is 5.10 Å². The highest BCUT2D eigenvalue weighted by Crippen LogP contribution is 2.43. The maximum atomic E-state index is 11.7. The van der Waals surface area contributed by atoms with Crippen molar-refractivity contribution in [1.29, 1.82) is 0 Å². The van der Waals surface area contributed by atoms with E-state index in [9.17, 15) is 9.90 Å². The lowest BCUT2D eigenvalue weighted by Crippen LogP contribution is -2.41. The predicted molar refractivity (Wildman–Crippen MR) is 78.2 cm³/mol. The minimum Gasteiger partial charge on any atom is -0.480 e. The van der Waals surface area contributed by atoms with Gasteiger partial charge < -0.3 is 10.0 Å². The largest absolute Gasteiger partial charge is 0.480 e. The van der Waals surface area contributed by atoms with E-state index in [4.69, 9.17) is 0 Å². The maximum absolute atomic E-state index is 11.7. The monoisotopic (exact) mass is 290 g/mol. The van der Waals surface area contributed by atoms with E-state index in [1.165, 1.54) is 0 Å². The van der Waals surface area contributed by atoms with Gasteiger partial charge in [-0.05, 0) is 37.5 Å². The van der Waals surface area contributed by atoms with Crippen LogP contribution in [0.2, 0.25) is 0 Å². The van der Waals surface area contributed by atoms with Crippen LogP contribution in [0.5, 0.6) is 0 Å². The van der Waals surface area contributed by atoms with Crippen LogP contribution < -0.4 is 4.90 Å². The maximum Gasteiger partial charge on any atom is 0.326 e.